The summed E-state index contributed by atoms with van der Waals surface area (Å²) >= 11 is 18.8. The minimum absolute atomic E-state index is 0. The van der Waals surface area contributed by atoms with E-state index in [1.165, 1.54) is 86.3 Å². The molecule has 3 unspecified atom stereocenters. The molecule has 28 heteroatoms. The summed E-state index contributed by atoms with van der Waals surface area (Å²) in [6, 6.07) is 5.88. The summed E-state index contributed by atoms with van der Waals surface area (Å²) in [5.74, 6) is -2.10. The van der Waals surface area contributed by atoms with Crippen molar-refractivity contribution in [1.82, 2.24) is 45.9 Å². The first-order chi connectivity index (χ1) is 37.0. The maximum atomic E-state index is 13.9. The largest absolute Gasteiger partial charge is 0.469 e. The molecule has 10 rings (SSSR count). The van der Waals surface area contributed by atoms with Gasteiger partial charge in [0.15, 0.2) is 27.2 Å². The number of piperidine rings is 1. The van der Waals surface area contributed by atoms with Crippen LogP contribution in [0.1, 0.15) is 60.9 Å². The Hall–Kier alpha value is -6.58. The van der Waals surface area contributed by atoms with Gasteiger partial charge in [0.2, 0.25) is 0 Å². The summed E-state index contributed by atoms with van der Waals surface area (Å²) in [5.41, 5.74) is 1.30. The quantitative estimate of drug-likeness (QED) is 0.0686. The predicted octanol–water partition coefficient (Wildman–Crippen LogP) is 6.79. The first kappa shape index (κ1) is 61.6. The average molecular weight is 1240 g/mol. The minimum atomic E-state index is -1.20. The number of urea groups is 2. The third-order valence-electron chi connectivity index (χ3n) is 13.4. The number of nitrogens with one attached hydrogen (secondary N) is 4. The molecule has 79 heavy (non-hydrogen) atoms. The topological polar surface area (TPSA) is 248 Å². The maximum absolute atomic E-state index is 13.9. The molecule has 0 radical (unpaired) electrons. The van der Waals surface area contributed by atoms with Crippen molar-refractivity contribution in [2.75, 3.05) is 79.6 Å². The Morgan fingerprint density at radius 1 is 0.759 bits per heavy atom. The fourth-order valence-electron chi connectivity index (χ4n) is 9.75. The van der Waals surface area contributed by atoms with Gasteiger partial charge in [0, 0.05) is 100 Å². The molecule has 6 aliphatic rings. The molecule has 0 saturated carbocycles. The summed E-state index contributed by atoms with van der Waals surface area (Å²) in [6.45, 7) is 2.49. The van der Waals surface area contributed by atoms with E-state index in [9.17, 15) is 37.5 Å². The van der Waals surface area contributed by atoms with Gasteiger partial charge in [-0.3, -0.25) is 19.7 Å². The number of rotatable bonds is 11. The molecule has 424 valence electrons. The molecule has 8 heterocycles. The van der Waals surface area contributed by atoms with Crippen LogP contribution in [0.3, 0.4) is 0 Å². The third kappa shape index (κ3) is 13.0. The molecule has 21 nitrogen and oxygen atoms in total. The van der Waals surface area contributed by atoms with Gasteiger partial charge in [-0.15, -0.1) is 22.7 Å². The van der Waals surface area contributed by atoms with Crippen LogP contribution < -0.4 is 21.3 Å². The second kappa shape index (κ2) is 27.1. The van der Waals surface area contributed by atoms with Crippen molar-refractivity contribution in [1.29, 1.82) is 0 Å². The number of carbonyl (C=O) groups excluding carboxylic acids is 6. The second-order valence-corrected chi connectivity index (χ2v) is 20.8. The Labute approximate surface area is 480 Å². The van der Waals surface area contributed by atoms with Crippen LogP contribution in [0.2, 0.25) is 10.0 Å². The number of carbonyl (C=O) groups is 6. The molecule has 2 aromatic carbocycles. The first-order valence-corrected chi connectivity index (χ1v) is 27.3. The van der Waals surface area contributed by atoms with Crippen LogP contribution in [-0.2, 0) is 38.1 Å². The lowest BCUT2D eigenvalue weighted by molar-refractivity contribution is -0.155. The number of allylic oxidation sites excluding steroid dienone is 1. The van der Waals surface area contributed by atoms with Gasteiger partial charge in [-0.1, -0.05) is 66.1 Å². The van der Waals surface area contributed by atoms with Gasteiger partial charge in [-0.2, -0.15) is 0 Å². The van der Waals surface area contributed by atoms with Crippen LogP contribution in [0.25, 0.3) is 0 Å². The van der Waals surface area contributed by atoms with Gasteiger partial charge < -0.3 is 50.0 Å². The van der Waals surface area contributed by atoms with Crippen LogP contribution in [0.15, 0.2) is 92.1 Å². The number of benzene rings is 2. The van der Waals surface area contributed by atoms with Crippen molar-refractivity contribution in [3.05, 3.63) is 125 Å². The maximum Gasteiger partial charge on any atom is 0.338 e. The number of hydrogen-bond donors (Lipinski definition) is 4. The summed E-state index contributed by atoms with van der Waals surface area (Å²) in [4.78, 5) is 96.6. The number of ether oxygens (including phenoxy) is 4. The highest BCUT2D eigenvalue weighted by Gasteiger charge is 2.55. The number of amides is 4. The SMILES string of the molecule is C.C.COC(=O)C1=C(CBr)NC(c2nccs2)=N[C@H]1c1ccc(F)cc1Cl.COC(=O)C1=C(CN2CCN3C(=O)NCC3(C(=O)OC)C2)NC(c2nccs2)=N[C@H]1c1ccc(F)cc1Cl.COC(=O)C1CCCN2C(=O)NCC12. The van der Waals surface area contributed by atoms with Gasteiger partial charge in [0.1, 0.15) is 23.7 Å². The number of alkyl halides is 1. The van der Waals surface area contributed by atoms with Crippen molar-refractivity contribution in [3.8, 4) is 0 Å². The van der Waals surface area contributed by atoms with Crippen LogP contribution in [0.4, 0.5) is 18.4 Å². The zero-order chi connectivity index (χ0) is 55.1. The molecule has 0 spiro atoms. The number of aliphatic imine (C=N–C) groups is 2. The van der Waals surface area contributed by atoms with Crippen LogP contribution >= 0.6 is 61.8 Å². The molecule has 4 aromatic rings. The molecule has 0 bridgehead atoms. The monoisotopic (exact) mass is 1240 g/mol. The van der Waals surface area contributed by atoms with Crippen molar-refractivity contribution in [3.63, 3.8) is 0 Å². The number of fused-ring (bicyclic) bond motifs is 2. The molecule has 4 saturated heterocycles. The zero-order valence-electron chi connectivity index (χ0n) is 41.6. The van der Waals surface area contributed by atoms with Crippen molar-refractivity contribution in [2.45, 2.75) is 51.4 Å². The third-order valence-corrected chi connectivity index (χ3v) is 16.1. The molecule has 6 aliphatic heterocycles. The Morgan fingerprint density at radius 2 is 1.32 bits per heavy atom. The summed E-state index contributed by atoms with van der Waals surface area (Å²) < 4.78 is 47.1. The van der Waals surface area contributed by atoms with Crippen molar-refractivity contribution < 1.29 is 56.5 Å². The van der Waals surface area contributed by atoms with E-state index in [2.05, 4.69) is 52.2 Å². The lowest BCUT2D eigenvalue weighted by atomic mass is 9.90. The summed E-state index contributed by atoms with van der Waals surface area (Å²) in [7, 11) is 5.23. The Kier molecular flexibility index (Phi) is 21.1. The van der Waals surface area contributed by atoms with Gasteiger partial charge in [-0.05, 0) is 37.1 Å². The normalized spacial score (nSPS) is 22.1. The molecular weight excluding hydrogens is 1180 g/mol. The van der Waals surface area contributed by atoms with E-state index in [0.717, 1.165) is 25.5 Å². The predicted molar refractivity (Wildman–Crippen MR) is 297 cm³/mol. The molecule has 4 N–H and O–H groups in total. The van der Waals surface area contributed by atoms with E-state index in [4.69, 9.17) is 47.1 Å². The van der Waals surface area contributed by atoms with Crippen LogP contribution in [0, 0.1) is 17.6 Å². The highest BCUT2D eigenvalue weighted by molar-refractivity contribution is 9.09. The summed E-state index contributed by atoms with van der Waals surface area (Å²) in [5, 5.41) is 17.4. The molecule has 4 amide bonds. The number of thiazole rings is 2. The fourth-order valence-corrected chi connectivity index (χ4v) is 11.9. The average Bonchev–Trinajstić information content (AvgIpc) is 4.37. The van der Waals surface area contributed by atoms with E-state index in [1.54, 1.807) is 22.7 Å². The van der Waals surface area contributed by atoms with Gasteiger partial charge >= 0.3 is 35.9 Å². The van der Waals surface area contributed by atoms with Gasteiger partial charge in [-0.25, -0.2) is 42.7 Å². The summed E-state index contributed by atoms with van der Waals surface area (Å²) in [6.07, 6.45) is 5.00. The number of aromatic nitrogens is 2. The van der Waals surface area contributed by atoms with E-state index in [-0.39, 0.29) is 86.6 Å². The van der Waals surface area contributed by atoms with E-state index in [1.807, 2.05) is 10.3 Å². The lowest BCUT2D eigenvalue weighted by Crippen LogP contribution is -2.66. The molecular formula is C51H58BrCl2F2N11O10S2. The molecule has 0 aliphatic carbocycles. The van der Waals surface area contributed by atoms with Crippen LogP contribution in [-0.4, -0.2) is 163 Å². The number of piperazine rings is 1. The number of halogens is 5. The second-order valence-electron chi connectivity index (χ2n) is 17.7. The standard InChI is InChI=1S/C24H24ClFN6O5S.C16H12BrClFN3O2S.C9H14N2O3.2CH4/c1-36-21(33)17-16(10-31-6-7-32-23(35)28-11-24(32,12-31)22(34)37-2)29-19(20-27-5-8-38-20)30-18(17)14-4-3-13(26)9-15(14)25;1-24-16(23)12-11(7-17)21-14(15-20-4-5-25-15)22-13(12)9-3-2-8(19)6-10(9)18;1-14-8(12)6-3-2-4-11-7(6)5-10-9(11)13;;/h3-5,8-9,18H,6-7,10-12H2,1-2H3,(H,28,35)(H,29,30);2-6,13H,7H2,1H3,(H,21,22);6-7H,2-5H2,1H3,(H,10,13);2*1H4/t18-,24?;13-;;;/m00.../s1. The first-order valence-electron chi connectivity index (χ1n) is 23.6. The number of hydrogen-bond acceptors (Lipinski definition) is 19. The Morgan fingerprint density at radius 3 is 1.81 bits per heavy atom. The lowest BCUT2D eigenvalue weighted by Gasteiger charge is -2.44. The Bertz CT molecular complexity index is 3060. The smallest absolute Gasteiger partial charge is 0.338 e. The number of methoxy groups -OCH3 is 4. The van der Waals surface area contributed by atoms with Gasteiger partial charge in [0.25, 0.3) is 0 Å². The van der Waals surface area contributed by atoms with Crippen molar-refractivity contribution in [2.24, 2.45) is 15.9 Å². The molecule has 5 atom stereocenters. The van der Waals surface area contributed by atoms with Gasteiger partial charge in [0.05, 0.1) is 58.1 Å². The highest BCUT2D eigenvalue weighted by atomic mass is 79.9. The van der Waals surface area contributed by atoms with Crippen LogP contribution in [0.5, 0.6) is 0 Å². The van der Waals surface area contributed by atoms with E-state index in [0.29, 0.717) is 68.2 Å². The number of nitrogens with zero attached hydrogens (tertiary/aromatic N) is 7. The molecule has 2 aromatic heterocycles. The zero-order valence-corrected chi connectivity index (χ0v) is 46.3. The fraction of sp³-hybridized carbons (Fsp3) is 0.412. The highest BCUT2D eigenvalue weighted by Crippen LogP contribution is 2.39. The Balaban J connectivity index is 0.000000211. The van der Waals surface area contributed by atoms with Crippen molar-refractivity contribution >= 4 is 109 Å². The molecule has 4 fully saturated rings. The number of esters is 4. The number of amidine groups is 2. The van der Waals surface area contributed by atoms with E-state index < -0.39 is 47.2 Å². The minimum Gasteiger partial charge on any atom is -0.469 e. The van der Waals surface area contributed by atoms with E-state index >= 15 is 0 Å².